The van der Waals surface area contributed by atoms with Gasteiger partial charge in [-0.05, 0) is 26.3 Å². The molecule has 0 atom stereocenters. The maximum Gasteiger partial charge on any atom is 0.246 e. The summed E-state index contributed by atoms with van der Waals surface area (Å²) in [5.41, 5.74) is 0. The van der Waals surface area contributed by atoms with Gasteiger partial charge in [0.2, 0.25) is 5.91 Å². The van der Waals surface area contributed by atoms with Gasteiger partial charge in [-0.2, -0.15) is 0 Å². The summed E-state index contributed by atoms with van der Waals surface area (Å²) in [5, 5.41) is 0.951. The summed E-state index contributed by atoms with van der Waals surface area (Å²) in [4.78, 5) is 13.1. The van der Waals surface area contributed by atoms with Gasteiger partial charge >= 0.3 is 0 Å². The molecule has 1 amide bonds. The van der Waals surface area contributed by atoms with Crippen molar-refractivity contribution in [3.05, 3.63) is 12.2 Å². The van der Waals surface area contributed by atoms with Crippen molar-refractivity contribution in [2.45, 2.75) is 20.3 Å². The average Bonchev–Trinajstić information content (AvgIpc) is 2.06. The molecule has 0 aliphatic rings. The molecule has 3 heteroatoms. The normalized spacial score (nSPS) is 10.6. The SMILES string of the molecule is C/C=C\C(=O)N(CC)CCCBr. The van der Waals surface area contributed by atoms with E-state index in [1.807, 2.05) is 18.7 Å². The van der Waals surface area contributed by atoms with Crippen molar-refractivity contribution < 1.29 is 4.79 Å². The van der Waals surface area contributed by atoms with Crippen molar-refractivity contribution in [3.8, 4) is 0 Å². The summed E-state index contributed by atoms with van der Waals surface area (Å²) in [5.74, 6) is 0.112. The van der Waals surface area contributed by atoms with E-state index >= 15 is 0 Å². The Morgan fingerprint density at radius 3 is 2.67 bits per heavy atom. The molecule has 0 fully saturated rings. The maximum atomic E-state index is 11.3. The Kier molecular flexibility index (Phi) is 7.16. The van der Waals surface area contributed by atoms with E-state index in [1.165, 1.54) is 0 Å². The van der Waals surface area contributed by atoms with Crippen LogP contribution in [0.25, 0.3) is 0 Å². The molecule has 0 radical (unpaired) electrons. The van der Waals surface area contributed by atoms with Gasteiger partial charge in [-0.3, -0.25) is 4.79 Å². The highest BCUT2D eigenvalue weighted by atomic mass is 79.9. The van der Waals surface area contributed by atoms with E-state index in [1.54, 1.807) is 12.2 Å². The first-order valence-electron chi connectivity index (χ1n) is 4.23. The highest BCUT2D eigenvalue weighted by Crippen LogP contribution is 1.96. The fourth-order valence-electron chi connectivity index (χ4n) is 0.923. The summed E-state index contributed by atoms with van der Waals surface area (Å²) in [7, 11) is 0. The highest BCUT2D eigenvalue weighted by Gasteiger charge is 2.05. The van der Waals surface area contributed by atoms with Gasteiger partial charge in [-0.1, -0.05) is 22.0 Å². The van der Waals surface area contributed by atoms with Crippen LogP contribution >= 0.6 is 15.9 Å². The molecule has 0 saturated carbocycles. The number of halogens is 1. The Hall–Kier alpha value is -0.310. The van der Waals surface area contributed by atoms with E-state index in [-0.39, 0.29) is 5.91 Å². The van der Waals surface area contributed by atoms with Gasteiger partial charge in [-0.25, -0.2) is 0 Å². The summed E-state index contributed by atoms with van der Waals surface area (Å²) in [6.45, 7) is 5.48. The molecule has 2 nitrogen and oxygen atoms in total. The Labute approximate surface area is 82.8 Å². The summed E-state index contributed by atoms with van der Waals surface area (Å²) >= 11 is 3.34. The third-order valence-electron chi connectivity index (χ3n) is 1.56. The van der Waals surface area contributed by atoms with Crippen molar-refractivity contribution in [1.82, 2.24) is 4.90 Å². The van der Waals surface area contributed by atoms with Gasteiger partial charge < -0.3 is 4.90 Å². The van der Waals surface area contributed by atoms with Gasteiger partial charge in [0.1, 0.15) is 0 Å². The van der Waals surface area contributed by atoms with E-state index in [4.69, 9.17) is 0 Å². The second kappa shape index (κ2) is 7.35. The van der Waals surface area contributed by atoms with E-state index in [0.29, 0.717) is 0 Å². The Morgan fingerprint density at radius 1 is 1.58 bits per heavy atom. The summed E-state index contributed by atoms with van der Waals surface area (Å²) in [6, 6.07) is 0. The monoisotopic (exact) mass is 233 g/mol. The first-order chi connectivity index (χ1) is 5.76. The van der Waals surface area contributed by atoms with Crippen LogP contribution in [-0.4, -0.2) is 29.2 Å². The van der Waals surface area contributed by atoms with Gasteiger partial charge in [0.25, 0.3) is 0 Å². The number of likely N-dealkylation sites (N-methyl/N-ethyl adjacent to an activating group) is 1. The average molecular weight is 234 g/mol. The topological polar surface area (TPSA) is 20.3 Å². The lowest BCUT2D eigenvalue weighted by Gasteiger charge is -2.18. The first-order valence-corrected chi connectivity index (χ1v) is 5.36. The number of amides is 1. The van der Waals surface area contributed by atoms with Gasteiger partial charge in [0, 0.05) is 18.4 Å². The Bertz CT molecular complexity index is 157. The van der Waals surface area contributed by atoms with Crippen LogP contribution in [0.5, 0.6) is 0 Å². The zero-order valence-corrected chi connectivity index (χ0v) is 9.30. The minimum atomic E-state index is 0.112. The number of carbonyl (C=O) groups is 1. The number of alkyl halides is 1. The number of carbonyl (C=O) groups excluding carboxylic acids is 1. The zero-order valence-electron chi connectivity index (χ0n) is 7.72. The van der Waals surface area contributed by atoms with Crippen LogP contribution in [0.2, 0.25) is 0 Å². The first kappa shape index (κ1) is 11.7. The van der Waals surface area contributed by atoms with Crippen LogP contribution in [0.4, 0.5) is 0 Å². The second-order valence-corrected chi connectivity index (χ2v) is 3.25. The van der Waals surface area contributed by atoms with E-state index < -0.39 is 0 Å². The Balaban J connectivity index is 3.87. The lowest BCUT2D eigenvalue weighted by molar-refractivity contribution is -0.125. The lowest BCUT2D eigenvalue weighted by atomic mass is 10.3. The summed E-state index contributed by atoms with van der Waals surface area (Å²) in [6.07, 6.45) is 4.40. The smallest absolute Gasteiger partial charge is 0.246 e. The molecule has 0 saturated heterocycles. The molecule has 12 heavy (non-hydrogen) atoms. The van der Waals surface area contributed by atoms with E-state index in [0.717, 1.165) is 24.8 Å². The minimum absolute atomic E-state index is 0.112. The highest BCUT2D eigenvalue weighted by molar-refractivity contribution is 9.09. The van der Waals surface area contributed by atoms with Gasteiger partial charge in [-0.15, -0.1) is 0 Å². The molecular formula is C9H16BrNO. The fraction of sp³-hybridized carbons (Fsp3) is 0.667. The fourth-order valence-corrected chi connectivity index (χ4v) is 1.17. The number of rotatable bonds is 5. The number of hydrogen-bond donors (Lipinski definition) is 0. The van der Waals surface area contributed by atoms with Crippen LogP contribution in [0.1, 0.15) is 20.3 Å². The predicted octanol–water partition coefficient (Wildman–Crippen LogP) is 2.20. The maximum absolute atomic E-state index is 11.3. The zero-order chi connectivity index (χ0) is 9.40. The van der Waals surface area contributed by atoms with Crippen molar-refractivity contribution >= 4 is 21.8 Å². The van der Waals surface area contributed by atoms with Crippen LogP contribution in [0.3, 0.4) is 0 Å². The molecule has 0 unspecified atom stereocenters. The number of allylic oxidation sites excluding steroid dienone is 1. The third kappa shape index (κ3) is 4.54. The molecule has 0 bridgehead atoms. The number of hydrogen-bond acceptors (Lipinski definition) is 1. The van der Waals surface area contributed by atoms with Crippen LogP contribution in [-0.2, 0) is 4.79 Å². The third-order valence-corrected chi connectivity index (χ3v) is 2.13. The van der Waals surface area contributed by atoms with E-state index in [9.17, 15) is 4.79 Å². The van der Waals surface area contributed by atoms with E-state index in [2.05, 4.69) is 15.9 Å². The van der Waals surface area contributed by atoms with Crippen LogP contribution < -0.4 is 0 Å². The standard InChI is InChI=1S/C9H16BrNO/c1-3-6-9(12)11(4-2)8-5-7-10/h3,6H,4-5,7-8H2,1-2H3/b6-3-. The molecule has 0 spiro atoms. The molecular weight excluding hydrogens is 218 g/mol. The molecule has 0 aromatic carbocycles. The molecule has 0 N–H and O–H groups in total. The molecule has 70 valence electrons. The quantitative estimate of drug-likeness (QED) is 0.527. The minimum Gasteiger partial charge on any atom is -0.339 e. The largest absolute Gasteiger partial charge is 0.339 e. The van der Waals surface area contributed by atoms with Crippen molar-refractivity contribution in [2.75, 3.05) is 18.4 Å². The van der Waals surface area contributed by atoms with Crippen LogP contribution in [0.15, 0.2) is 12.2 Å². The van der Waals surface area contributed by atoms with Crippen molar-refractivity contribution in [1.29, 1.82) is 0 Å². The van der Waals surface area contributed by atoms with Crippen molar-refractivity contribution in [2.24, 2.45) is 0 Å². The lowest BCUT2D eigenvalue weighted by Crippen LogP contribution is -2.30. The van der Waals surface area contributed by atoms with Crippen molar-refractivity contribution in [3.63, 3.8) is 0 Å². The molecule has 0 aliphatic heterocycles. The second-order valence-electron chi connectivity index (χ2n) is 2.46. The molecule has 0 heterocycles. The molecule has 0 aliphatic carbocycles. The van der Waals surface area contributed by atoms with Gasteiger partial charge in [0.15, 0.2) is 0 Å². The molecule has 0 aromatic rings. The molecule has 0 rings (SSSR count). The molecule has 0 aromatic heterocycles. The van der Waals surface area contributed by atoms with Crippen LogP contribution in [0, 0.1) is 0 Å². The predicted molar refractivity (Wildman–Crippen MR) is 55.5 cm³/mol. The number of nitrogens with zero attached hydrogens (tertiary/aromatic N) is 1. The summed E-state index contributed by atoms with van der Waals surface area (Å²) < 4.78 is 0. The van der Waals surface area contributed by atoms with Gasteiger partial charge in [0.05, 0.1) is 0 Å². The Morgan fingerprint density at radius 2 is 2.25 bits per heavy atom.